The lowest BCUT2D eigenvalue weighted by Gasteiger charge is -2.15. The van der Waals surface area contributed by atoms with E-state index in [9.17, 15) is 9.59 Å². The molecule has 0 radical (unpaired) electrons. The second kappa shape index (κ2) is 8.74. The summed E-state index contributed by atoms with van der Waals surface area (Å²) in [6.45, 7) is 3.69. The number of benzene rings is 2. The van der Waals surface area contributed by atoms with Crippen LogP contribution in [-0.2, 0) is 9.53 Å². The van der Waals surface area contributed by atoms with Crippen LogP contribution >= 0.6 is 23.2 Å². The maximum absolute atomic E-state index is 12.3. The lowest BCUT2D eigenvalue weighted by molar-refractivity contribution is -0.123. The number of rotatable bonds is 6. The van der Waals surface area contributed by atoms with Gasteiger partial charge in [0.1, 0.15) is 11.3 Å². The van der Waals surface area contributed by atoms with Crippen LogP contribution in [0.3, 0.4) is 0 Å². The number of ether oxygens (including phenoxy) is 2. The first-order valence-electron chi connectivity index (χ1n) is 7.61. The molecule has 0 bridgehead atoms. The molecule has 25 heavy (non-hydrogen) atoms. The van der Waals surface area contributed by atoms with E-state index < -0.39 is 18.0 Å². The maximum Gasteiger partial charge on any atom is 0.342 e. The molecule has 0 aliphatic heterocycles. The highest BCUT2D eigenvalue weighted by Gasteiger charge is 2.22. The van der Waals surface area contributed by atoms with Crippen molar-refractivity contribution in [2.45, 2.75) is 20.0 Å². The van der Waals surface area contributed by atoms with E-state index in [0.29, 0.717) is 28.1 Å². The molecule has 0 spiro atoms. The number of carbonyl (C=O) groups excluding carboxylic acids is 2. The smallest absolute Gasteiger partial charge is 0.342 e. The van der Waals surface area contributed by atoms with Gasteiger partial charge >= 0.3 is 5.97 Å². The lowest BCUT2D eigenvalue weighted by Crippen LogP contribution is -2.30. The van der Waals surface area contributed by atoms with Gasteiger partial charge in [0.25, 0.3) is 5.91 Å². The first-order valence-corrected chi connectivity index (χ1v) is 8.36. The van der Waals surface area contributed by atoms with Crippen LogP contribution in [0.1, 0.15) is 24.2 Å². The van der Waals surface area contributed by atoms with Crippen molar-refractivity contribution in [3.8, 4) is 5.75 Å². The normalized spacial score (nSPS) is 11.5. The van der Waals surface area contributed by atoms with E-state index in [2.05, 4.69) is 5.32 Å². The Bertz CT molecular complexity index is 779. The van der Waals surface area contributed by atoms with Gasteiger partial charge in [-0.15, -0.1) is 0 Å². The van der Waals surface area contributed by atoms with Crippen LogP contribution in [0.15, 0.2) is 42.5 Å². The highest BCUT2D eigenvalue weighted by Crippen LogP contribution is 2.26. The molecule has 1 N–H and O–H groups in total. The minimum absolute atomic E-state index is 0.254. The van der Waals surface area contributed by atoms with Crippen LogP contribution in [0.4, 0.5) is 5.69 Å². The molecule has 0 aromatic heterocycles. The fraction of sp³-hybridized carbons (Fsp3) is 0.222. The molecule has 0 saturated carbocycles. The van der Waals surface area contributed by atoms with Crippen molar-refractivity contribution in [3.63, 3.8) is 0 Å². The van der Waals surface area contributed by atoms with Gasteiger partial charge < -0.3 is 14.8 Å². The van der Waals surface area contributed by atoms with E-state index in [1.807, 2.05) is 6.92 Å². The summed E-state index contributed by atoms with van der Waals surface area (Å²) in [5, 5.41) is 3.34. The van der Waals surface area contributed by atoms with Crippen molar-refractivity contribution in [1.29, 1.82) is 0 Å². The average Bonchev–Trinajstić information content (AvgIpc) is 2.58. The molecule has 132 valence electrons. The summed E-state index contributed by atoms with van der Waals surface area (Å²) in [7, 11) is 0. The Morgan fingerprint density at radius 3 is 2.60 bits per heavy atom. The number of nitrogens with one attached hydrogen (secondary N) is 1. The summed E-state index contributed by atoms with van der Waals surface area (Å²) < 4.78 is 10.6. The molecule has 5 nitrogen and oxygen atoms in total. The number of anilines is 1. The molecule has 1 amide bonds. The first kappa shape index (κ1) is 19.1. The lowest BCUT2D eigenvalue weighted by atomic mass is 10.2. The van der Waals surface area contributed by atoms with Gasteiger partial charge in [-0.2, -0.15) is 0 Å². The molecule has 0 saturated heterocycles. The van der Waals surface area contributed by atoms with Crippen LogP contribution in [0, 0.1) is 0 Å². The zero-order chi connectivity index (χ0) is 18.4. The SMILES string of the molecule is CCOc1ccccc1C(=O)O[C@@H](C)C(=O)Nc1cc(Cl)ccc1Cl. The van der Waals surface area contributed by atoms with E-state index in [1.54, 1.807) is 36.4 Å². The second-order valence-electron chi connectivity index (χ2n) is 5.09. The number of hydrogen-bond donors (Lipinski definition) is 1. The topological polar surface area (TPSA) is 64.6 Å². The molecule has 2 aromatic carbocycles. The van der Waals surface area contributed by atoms with Gasteiger partial charge in [-0.25, -0.2) is 4.79 Å². The first-order chi connectivity index (χ1) is 11.9. The van der Waals surface area contributed by atoms with Crippen LogP contribution in [0.25, 0.3) is 0 Å². The van der Waals surface area contributed by atoms with Gasteiger partial charge in [0.2, 0.25) is 0 Å². The van der Waals surface area contributed by atoms with Crippen LogP contribution in [-0.4, -0.2) is 24.6 Å². The van der Waals surface area contributed by atoms with Crippen molar-refractivity contribution < 1.29 is 19.1 Å². The number of hydrogen-bond acceptors (Lipinski definition) is 4. The molecular weight excluding hydrogens is 365 g/mol. The molecule has 0 heterocycles. The van der Waals surface area contributed by atoms with Gasteiger partial charge in [-0.05, 0) is 44.2 Å². The Balaban J connectivity index is 2.06. The number of halogens is 2. The second-order valence-corrected chi connectivity index (χ2v) is 5.93. The Labute approximate surface area is 155 Å². The van der Waals surface area contributed by atoms with Crippen molar-refractivity contribution in [2.24, 2.45) is 0 Å². The van der Waals surface area contributed by atoms with E-state index in [1.165, 1.54) is 13.0 Å². The summed E-state index contributed by atoms with van der Waals surface area (Å²) in [5.41, 5.74) is 0.599. The monoisotopic (exact) mass is 381 g/mol. The number of amides is 1. The summed E-state index contributed by atoms with van der Waals surface area (Å²) in [6, 6.07) is 11.4. The largest absolute Gasteiger partial charge is 0.493 e. The predicted molar refractivity (Wildman–Crippen MR) is 97.6 cm³/mol. The number of carbonyl (C=O) groups is 2. The number of para-hydroxylation sites is 1. The zero-order valence-electron chi connectivity index (χ0n) is 13.7. The van der Waals surface area contributed by atoms with Gasteiger partial charge in [-0.1, -0.05) is 35.3 Å². The third-order valence-corrected chi connectivity index (χ3v) is 3.81. The van der Waals surface area contributed by atoms with E-state index in [0.717, 1.165) is 0 Å². The molecule has 2 aromatic rings. The molecular formula is C18H17Cl2NO4. The van der Waals surface area contributed by atoms with Crippen LogP contribution < -0.4 is 10.1 Å². The molecule has 0 fully saturated rings. The summed E-state index contributed by atoms with van der Waals surface area (Å²) >= 11 is 11.9. The Kier molecular flexibility index (Phi) is 6.67. The van der Waals surface area contributed by atoms with Crippen molar-refractivity contribution >= 4 is 40.8 Å². The molecule has 0 aliphatic carbocycles. The fourth-order valence-electron chi connectivity index (χ4n) is 2.02. The third-order valence-electron chi connectivity index (χ3n) is 3.25. The Morgan fingerprint density at radius 1 is 1.16 bits per heavy atom. The minimum atomic E-state index is -1.03. The highest BCUT2D eigenvalue weighted by atomic mass is 35.5. The Morgan fingerprint density at radius 2 is 1.88 bits per heavy atom. The maximum atomic E-state index is 12.3. The van der Waals surface area contributed by atoms with Gasteiger partial charge in [-0.3, -0.25) is 4.79 Å². The summed E-state index contributed by atoms with van der Waals surface area (Å²) in [4.78, 5) is 24.5. The average molecular weight is 382 g/mol. The molecule has 2 rings (SSSR count). The quantitative estimate of drug-likeness (QED) is 0.743. The summed E-state index contributed by atoms with van der Waals surface area (Å²) in [6.07, 6.45) is -1.03. The van der Waals surface area contributed by atoms with Crippen LogP contribution in [0.5, 0.6) is 5.75 Å². The summed E-state index contributed by atoms with van der Waals surface area (Å²) in [5.74, 6) is -0.768. The zero-order valence-corrected chi connectivity index (χ0v) is 15.2. The van der Waals surface area contributed by atoms with Gasteiger partial charge in [0, 0.05) is 5.02 Å². The van der Waals surface area contributed by atoms with E-state index >= 15 is 0 Å². The van der Waals surface area contributed by atoms with Crippen molar-refractivity contribution in [3.05, 3.63) is 58.1 Å². The number of esters is 1. The molecule has 0 aliphatic rings. The minimum Gasteiger partial charge on any atom is -0.493 e. The van der Waals surface area contributed by atoms with Gasteiger partial charge in [0.15, 0.2) is 6.10 Å². The highest BCUT2D eigenvalue weighted by molar-refractivity contribution is 6.35. The fourth-order valence-corrected chi connectivity index (χ4v) is 2.36. The molecule has 7 heteroatoms. The molecule has 0 unspecified atom stereocenters. The standard InChI is InChI=1S/C18H17Cl2NO4/c1-3-24-16-7-5-4-6-13(16)18(23)25-11(2)17(22)21-15-10-12(19)8-9-14(15)20/h4-11H,3H2,1-2H3,(H,21,22)/t11-/m0/s1. The van der Waals surface area contributed by atoms with Gasteiger partial charge in [0.05, 0.1) is 17.3 Å². The third kappa shape index (κ3) is 5.11. The predicted octanol–water partition coefficient (Wildman–Crippen LogP) is 4.58. The Hall–Kier alpha value is -2.24. The van der Waals surface area contributed by atoms with Crippen LogP contribution in [0.2, 0.25) is 10.0 Å². The van der Waals surface area contributed by atoms with E-state index in [-0.39, 0.29) is 5.56 Å². The van der Waals surface area contributed by atoms with Crippen molar-refractivity contribution in [2.75, 3.05) is 11.9 Å². The van der Waals surface area contributed by atoms with Crippen molar-refractivity contribution in [1.82, 2.24) is 0 Å². The van der Waals surface area contributed by atoms with E-state index in [4.69, 9.17) is 32.7 Å². The molecule has 1 atom stereocenters.